The van der Waals surface area contributed by atoms with Crippen LogP contribution in [0.5, 0.6) is 0 Å². The molecule has 28 heavy (non-hydrogen) atoms. The number of guanidine groups is 1. The Morgan fingerprint density at radius 2 is 1.86 bits per heavy atom. The van der Waals surface area contributed by atoms with E-state index in [2.05, 4.69) is 15.6 Å². The molecule has 1 aliphatic rings. The number of piperidine rings is 1. The Bertz CT molecular complexity index is 614. The minimum Gasteiger partial charge on any atom is -0.392 e. The Morgan fingerprint density at radius 1 is 1.18 bits per heavy atom. The lowest BCUT2D eigenvalue weighted by atomic mass is 9.93. The number of halogens is 3. The van der Waals surface area contributed by atoms with Gasteiger partial charge in [0.05, 0.1) is 19.7 Å². The molecule has 1 fully saturated rings. The smallest absolute Gasteiger partial charge is 0.392 e. The molecule has 1 aliphatic heterocycles. The Labute approximate surface area is 165 Å². The summed E-state index contributed by atoms with van der Waals surface area (Å²) in [6, 6.07) is 7.65. The molecule has 0 aromatic heterocycles. The molecule has 0 amide bonds. The third kappa shape index (κ3) is 8.06. The van der Waals surface area contributed by atoms with Crippen molar-refractivity contribution >= 4 is 5.96 Å². The number of hydrogen-bond acceptors (Lipinski definition) is 3. The van der Waals surface area contributed by atoms with Gasteiger partial charge in [-0.05, 0) is 56.3 Å². The van der Waals surface area contributed by atoms with Crippen molar-refractivity contribution in [2.24, 2.45) is 10.9 Å². The number of alkyl halides is 3. The molecule has 0 unspecified atom stereocenters. The maximum absolute atomic E-state index is 12.5. The summed E-state index contributed by atoms with van der Waals surface area (Å²) in [6.45, 7) is 4.15. The maximum atomic E-state index is 12.5. The van der Waals surface area contributed by atoms with Gasteiger partial charge in [0.1, 0.15) is 0 Å². The van der Waals surface area contributed by atoms with Gasteiger partial charge in [-0.2, -0.15) is 13.2 Å². The van der Waals surface area contributed by atoms with E-state index in [1.165, 1.54) is 4.90 Å². The van der Waals surface area contributed by atoms with Crippen molar-refractivity contribution in [3.05, 3.63) is 35.4 Å². The highest BCUT2D eigenvalue weighted by Crippen LogP contribution is 2.23. The molecular formula is C20H31F3N4O. The van der Waals surface area contributed by atoms with Gasteiger partial charge in [-0.25, -0.2) is 4.99 Å². The van der Waals surface area contributed by atoms with E-state index in [9.17, 15) is 18.3 Å². The fourth-order valence-electron chi connectivity index (χ4n) is 3.45. The van der Waals surface area contributed by atoms with Crippen molar-refractivity contribution in [3.8, 4) is 0 Å². The molecule has 0 bridgehead atoms. The third-order valence-electron chi connectivity index (χ3n) is 5.00. The molecule has 2 rings (SSSR count). The van der Waals surface area contributed by atoms with Crippen LogP contribution in [0.4, 0.5) is 13.2 Å². The fraction of sp³-hybridized carbons (Fsp3) is 0.650. The lowest BCUT2D eigenvalue weighted by Gasteiger charge is -2.32. The first-order valence-corrected chi connectivity index (χ1v) is 9.90. The van der Waals surface area contributed by atoms with Crippen molar-refractivity contribution in [2.45, 2.75) is 45.5 Å². The summed E-state index contributed by atoms with van der Waals surface area (Å²) in [6.07, 6.45) is -1.59. The molecule has 0 saturated carbocycles. The van der Waals surface area contributed by atoms with E-state index in [4.69, 9.17) is 0 Å². The summed E-state index contributed by atoms with van der Waals surface area (Å²) in [5.74, 6) is 1.15. The summed E-state index contributed by atoms with van der Waals surface area (Å²) in [7, 11) is 0. The van der Waals surface area contributed by atoms with Crippen molar-refractivity contribution in [1.82, 2.24) is 15.5 Å². The number of aliphatic imine (C=N–C) groups is 1. The molecular weight excluding hydrogens is 369 g/mol. The first-order chi connectivity index (χ1) is 13.4. The topological polar surface area (TPSA) is 59.9 Å². The minimum absolute atomic E-state index is 0.0112. The van der Waals surface area contributed by atoms with Crippen LogP contribution in [0.25, 0.3) is 0 Å². The summed E-state index contributed by atoms with van der Waals surface area (Å²) >= 11 is 0. The molecule has 0 spiro atoms. The van der Waals surface area contributed by atoms with Gasteiger partial charge >= 0.3 is 6.18 Å². The summed E-state index contributed by atoms with van der Waals surface area (Å²) in [5, 5.41) is 15.9. The number of rotatable bonds is 8. The van der Waals surface area contributed by atoms with Gasteiger partial charge in [-0.3, -0.25) is 4.90 Å². The number of aliphatic hydroxyl groups excluding tert-OH is 1. The number of likely N-dealkylation sites (tertiary alicyclic amines) is 1. The van der Waals surface area contributed by atoms with Crippen LogP contribution in [-0.4, -0.2) is 54.9 Å². The van der Waals surface area contributed by atoms with Crippen LogP contribution in [0.3, 0.4) is 0 Å². The number of aliphatic hydroxyl groups is 1. The van der Waals surface area contributed by atoms with E-state index in [-0.39, 0.29) is 6.61 Å². The van der Waals surface area contributed by atoms with Crippen molar-refractivity contribution < 1.29 is 18.3 Å². The summed E-state index contributed by atoms with van der Waals surface area (Å²) in [4.78, 5) is 6.07. The highest BCUT2D eigenvalue weighted by atomic mass is 19.4. The lowest BCUT2D eigenvalue weighted by Crippen LogP contribution is -2.41. The standard InChI is InChI=1S/C20H31F3N4O/c1-2-24-19(26-13-17-5-3-4-6-18(17)14-28)25-10-7-16-8-11-27(12-9-16)15-20(21,22)23/h3-6,16,28H,2,7-15H2,1H3,(H2,24,25,26). The Morgan fingerprint density at radius 3 is 2.46 bits per heavy atom. The van der Waals surface area contributed by atoms with Crippen molar-refractivity contribution in [3.63, 3.8) is 0 Å². The fourth-order valence-corrected chi connectivity index (χ4v) is 3.45. The predicted molar refractivity (Wildman–Crippen MR) is 105 cm³/mol. The molecule has 1 saturated heterocycles. The zero-order chi connectivity index (χ0) is 20.4. The second-order valence-corrected chi connectivity index (χ2v) is 7.17. The molecule has 0 radical (unpaired) electrons. The van der Waals surface area contributed by atoms with Gasteiger partial charge in [0, 0.05) is 13.1 Å². The Balaban J connectivity index is 1.76. The second kappa shape index (κ2) is 11.3. The molecule has 158 valence electrons. The van der Waals surface area contributed by atoms with Crippen molar-refractivity contribution in [1.29, 1.82) is 0 Å². The van der Waals surface area contributed by atoms with Crippen LogP contribution in [-0.2, 0) is 13.2 Å². The average Bonchev–Trinajstić information content (AvgIpc) is 2.66. The monoisotopic (exact) mass is 400 g/mol. The predicted octanol–water partition coefficient (Wildman–Crippen LogP) is 2.90. The van der Waals surface area contributed by atoms with Gasteiger partial charge in [0.15, 0.2) is 5.96 Å². The van der Waals surface area contributed by atoms with E-state index >= 15 is 0 Å². The van der Waals surface area contributed by atoms with E-state index < -0.39 is 12.7 Å². The number of nitrogens with one attached hydrogen (secondary N) is 2. The van der Waals surface area contributed by atoms with Gasteiger partial charge in [0.25, 0.3) is 0 Å². The van der Waals surface area contributed by atoms with Crippen LogP contribution in [0.15, 0.2) is 29.3 Å². The van der Waals surface area contributed by atoms with Crippen LogP contribution < -0.4 is 10.6 Å². The largest absolute Gasteiger partial charge is 0.401 e. The van der Waals surface area contributed by atoms with Gasteiger partial charge in [-0.15, -0.1) is 0 Å². The first-order valence-electron chi connectivity index (χ1n) is 9.90. The maximum Gasteiger partial charge on any atom is 0.401 e. The Hall–Kier alpha value is -1.80. The lowest BCUT2D eigenvalue weighted by molar-refractivity contribution is -0.148. The third-order valence-corrected chi connectivity index (χ3v) is 5.00. The molecule has 5 nitrogen and oxygen atoms in total. The second-order valence-electron chi connectivity index (χ2n) is 7.17. The quantitative estimate of drug-likeness (QED) is 0.464. The normalized spacial score (nSPS) is 17.0. The minimum atomic E-state index is -4.11. The van der Waals surface area contributed by atoms with Crippen LogP contribution in [0.1, 0.15) is 37.3 Å². The van der Waals surface area contributed by atoms with Gasteiger partial charge in [0.2, 0.25) is 0 Å². The number of benzene rings is 1. The van der Waals surface area contributed by atoms with Crippen LogP contribution >= 0.6 is 0 Å². The van der Waals surface area contributed by atoms with Gasteiger partial charge < -0.3 is 15.7 Å². The first kappa shape index (κ1) is 22.5. The number of nitrogens with zero attached hydrogens (tertiary/aromatic N) is 2. The summed E-state index contributed by atoms with van der Waals surface area (Å²) in [5.41, 5.74) is 1.85. The van der Waals surface area contributed by atoms with Crippen LogP contribution in [0, 0.1) is 5.92 Å². The highest BCUT2D eigenvalue weighted by molar-refractivity contribution is 5.79. The van der Waals surface area contributed by atoms with Crippen molar-refractivity contribution in [2.75, 3.05) is 32.7 Å². The Kier molecular flexibility index (Phi) is 9.05. The molecule has 0 aliphatic carbocycles. The van der Waals surface area contributed by atoms with Crippen LogP contribution in [0.2, 0.25) is 0 Å². The highest BCUT2D eigenvalue weighted by Gasteiger charge is 2.32. The molecule has 0 atom stereocenters. The summed E-state index contributed by atoms with van der Waals surface area (Å²) < 4.78 is 37.4. The number of hydrogen-bond donors (Lipinski definition) is 3. The average molecular weight is 400 g/mol. The molecule has 1 aromatic rings. The zero-order valence-electron chi connectivity index (χ0n) is 16.4. The molecule has 1 aromatic carbocycles. The van der Waals surface area contributed by atoms with E-state index in [0.717, 1.165) is 43.5 Å². The van der Waals surface area contributed by atoms with Gasteiger partial charge in [-0.1, -0.05) is 24.3 Å². The molecule has 8 heteroatoms. The van der Waals surface area contributed by atoms with E-state index in [0.29, 0.717) is 31.5 Å². The van der Waals surface area contributed by atoms with E-state index in [1.807, 2.05) is 31.2 Å². The molecule has 1 heterocycles. The zero-order valence-corrected chi connectivity index (χ0v) is 16.4. The van der Waals surface area contributed by atoms with E-state index in [1.54, 1.807) is 0 Å². The SMILES string of the molecule is CCNC(=NCc1ccccc1CO)NCCC1CCN(CC(F)(F)F)CC1. The molecule has 3 N–H and O–H groups in total.